The van der Waals surface area contributed by atoms with E-state index < -0.39 is 0 Å². The van der Waals surface area contributed by atoms with Crippen molar-refractivity contribution in [2.24, 2.45) is 0 Å². The summed E-state index contributed by atoms with van der Waals surface area (Å²) in [5, 5.41) is 2.13. The molecule has 0 unspecified atom stereocenters. The Bertz CT molecular complexity index is 3190. The van der Waals surface area contributed by atoms with Gasteiger partial charge in [-0.2, -0.15) is 0 Å². The highest BCUT2D eigenvalue weighted by atomic mass is 15.1. The fraction of sp³-hybridized carbons (Fsp3) is 0.0172. The van der Waals surface area contributed by atoms with Crippen LogP contribution in [-0.2, 0) is 0 Å². The van der Waals surface area contributed by atoms with E-state index in [0.717, 1.165) is 72.4 Å². The lowest BCUT2D eigenvalue weighted by molar-refractivity contribution is 1.08. The standard InChI is InChI=1S/C58H43N5/c1-2-3-4-5-10-21-42-34-38-48(39-35-42)62(49-40-36-44(37-41-49)43-22-11-6-12-23-43)52-32-20-33-53-55(52)54-50(30-19-31-51(54)63(53)47-28-17-9-18-29-47)58-60-56(45-24-13-7-14-25-45)59-57(61-58)46-26-15-8-16-27-46/h2-41H,1H3. The van der Waals surface area contributed by atoms with E-state index in [4.69, 9.17) is 15.0 Å². The molecule has 0 amide bonds. The van der Waals surface area contributed by atoms with Gasteiger partial charge in [0.1, 0.15) is 0 Å². The van der Waals surface area contributed by atoms with Crippen LogP contribution >= 0.6 is 0 Å². The van der Waals surface area contributed by atoms with E-state index in [-0.39, 0.29) is 0 Å². The molecule has 2 heterocycles. The van der Waals surface area contributed by atoms with E-state index in [2.05, 4.69) is 191 Å². The Balaban J connectivity index is 1.24. The molecule has 10 rings (SSSR count). The fourth-order valence-electron chi connectivity index (χ4n) is 8.25. The first-order valence-corrected chi connectivity index (χ1v) is 21.2. The zero-order valence-electron chi connectivity index (χ0n) is 34.8. The van der Waals surface area contributed by atoms with E-state index in [9.17, 15) is 0 Å². The van der Waals surface area contributed by atoms with Crippen molar-refractivity contribution in [2.75, 3.05) is 4.90 Å². The molecule has 0 aliphatic heterocycles. The van der Waals surface area contributed by atoms with Gasteiger partial charge >= 0.3 is 0 Å². The van der Waals surface area contributed by atoms with Crippen molar-refractivity contribution in [3.05, 3.63) is 242 Å². The lowest BCUT2D eigenvalue weighted by Gasteiger charge is -2.27. The second-order valence-corrected chi connectivity index (χ2v) is 15.2. The number of aromatic nitrogens is 4. The van der Waals surface area contributed by atoms with Gasteiger partial charge in [0.15, 0.2) is 17.5 Å². The van der Waals surface area contributed by atoms with E-state index >= 15 is 0 Å². The first-order valence-electron chi connectivity index (χ1n) is 21.2. The second-order valence-electron chi connectivity index (χ2n) is 15.2. The van der Waals surface area contributed by atoms with Crippen LogP contribution in [0.15, 0.2) is 237 Å². The van der Waals surface area contributed by atoms with Gasteiger partial charge in [-0.05, 0) is 78.2 Å². The number of anilines is 3. The molecule has 0 spiro atoms. The van der Waals surface area contributed by atoms with Gasteiger partial charge in [0.2, 0.25) is 0 Å². The molecule has 8 aromatic carbocycles. The number of rotatable bonds is 11. The molecule has 0 saturated heterocycles. The van der Waals surface area contributed by atoms with Crippen molar-refractivity contribution in [1.82, 2.24) is 19.5 Å². The summed E-state index contributed by atoms with van der Waals surface area (Å²) >= 11 is 0. The molecule has 0 saturated carbocycles. The maximum absolute atomic E-state index is 5.26. The predicted octanol–water partition coefficient (Wildman–Crippen LogP) is 15.3. The number of fused-ring (bicyclic) bond motifs is 3. The van der Waals surface area contributed by atoms with Crippen molar-refractivity contribution < 1.29 is 0 Å². The normalized spacial score (nSPS) is 11.7. The molecule has 10 aromatic rings. The monoisotopic (exact) mass is 809 g/mol. The minimum Gasteiger partial charge on any atom is -0.310 e. The first-order chi connectivity index (χ1) is 31.2. The Morgan fingerprint density at radius 1 is 0.397 bits per heavy atom. The van der Waals surface area contributed by atoms with Gasteiger partial charge in [0, 0.05) is 44.5 Å². The van der Waals surface area contributed by atoms with Crippen molar-refractivity contribution in [3.63, 3.8) is 0 Å². The highest BCUT2D eigenvalue weighted by Crippen LogP contribution is 2.46. The highest BCUT2D eigenvalue weighted by molar-refractivity contribution is 6.21. The molecule has 5 heteroatoms. The quantitative estimate of drug-likeness (QED) is 0.122. The summed E-state index contributed by atoms with van der Waals surface area (Å²) < 4.78 is 2.36. The Morgan fingerprint density at radius 2 is 0.889 bits per heavy atom. The number of para-hydroxylation sites is 1. The lowest BCUT2D eigenvalue weighted by Crippen LogP contribution is -2.10. The molecule has 0 aliphatic carbocycles. The van der Waals surface area contributed by atoms with Gasteiger partial charge in [-0.15, -0.1) is 0 Å². The number of benzene rings is 8. The fourth-order valence-corrected chi connectivity index (χ4v) is 8.25. The Morgan fingerprint density at radius 3 is 1.49 bits per heavy atom. The maximum atomic E-state index is 5.26. The van der Waals surface area contributed by atoms with Crippen LogP contribution in [0.1, 0.15) is 12.5 Å². The van der Waals surface area contributed by atoms with Crippen LogP contribution < -0.4 is 4.90 Å². The highest BCUT2D eigenvalue weighted by Gasteiger charge is 2.25. The molecule has 0 bridgehead atoms. The SMILES string of the molecule is CC=CC=CC=Cc1ccc(N(c2ccc(-c3ccccc3)cc2)c2cccc3c2c2c(-c4nc(-c5ccccc5)nc(-c5ccccc5)n4)cccc2n3-c2ccccc2)cc1. The Hall–Kier alpha value is -8.41. The van der Waals surface area contributed by atoms with E-state index in [1.165, 1.54) is 5.56 Å². The lowest BCUT2D eigenvalue weighted by atomic mass is 10.0. The molecule has 0 atom stereocenters. The third-order valence-corrected chi connectivity index (χ3v) is 11.2. The number of allylic oxidation sites excluding steroid dienone is 5. The average Bonchev–Trinajstić information content (AvgIpc) is 3.71. The minimum atomic E-state index is 0.605. The average molecular weight is 810 g/mol. The van der Waals surface area contributed by atoms with Crippen LogP contribution in [0.3, 0.4) is 0 Å². The third kappa shape index (κ3) is 7.87. The van der Waals surface area contributed by atoms with Crippen LogP contribution in [0, 0.1) is 0 Å². The van der Waals surface area contributed by atoms with Gasteiger partial charge in [-0.3, -0.25) is 0 Å². The summed E-state index contributed by atoms with van der Waals surface area (Å²) in [6.07, 6.45) is 12.3. The van der Waals surface area contributed by atoms with E-state index in [1.807, 2.05) is 67.6 Å². The molecule has 0 aliphatic rings. The smallest absolute Gasteiger partial charge is 0.164 e. The Kier molecular flexibility index (Phi) is 10.9. The first kappa shape index (κ1) is 38.8. The summed E-state index contributed by atoms with van der Waals surface area (Å²) in [4.78, 5) is 17.9. The molecule has 300 valence electrons. The summed E-state index contributed by atoms with van der Waals surface area (Å²) in [5.41, 5.74) is 12.5. The summed E-state index contributed by atoms with van der Waals surface area (Å²) in [6.45, 7) is 2.02. The number of nitrogens with zero attached hydrogens (tertiary/aromatic N) is 5. The molecule has 0 fully saturated rings. The molecule has 0 radical (unpaired) electrons. The molecule has 63 heavy (non-hydrogen) atoms. The van der Waals surface area contributed by atoms with Crippen molar-refractivity contribution in [1.29, 1.82) is 0 Å². The summed E-state index contributed by atoms with van der Waals surface area (Å²) in [6, 6.07) is 72.2. The summed E-state index contributed by atoms with van der Waals surface area (Å²) in [5.74, 6) is 1.85. The number of hydrogen-bond donors (Lipinski definition) is 0. The zero-order chi connectivity index (χ0) is 42.4. The molecule has 5 nitrogen and oxygen atoms in total. The van der Waals surface area contributed by atoms with Crippen molar-refractivity contribution in [2.45, 2.75) is 6.92 Å². The van der Waals surface area contributed by atoms with Crippen LogP contribution in [-0.4, -0.2) is 19.5 Å². The van der Waals surface area contributed by atoms with E-state index in [0.29, 0.717) is 17.5 Å². The topological polar surface area (TPSA) is 46.8 Å². The van der Waals surface area contributed by atoms with Gasteiger partial charge in [-0.25, -0.2) is 15.0 Å². The van der Waals surface area contributed by atoms with Gasteiger partial charge in [-0.1, -0.05) is 188 Å². The van der Waals surface area contributed by atoms with Crippen LogP contribution in [0.2, 0.25) is 0 Å². The molecular weight excluding hydrogens is 767 g/mol. The second kappa shape index (κ2) is 17.7. The van der Waals surface area contributed by atoms with E-state index in [1.54, 1.807) is 0 Å². The Labute approximate surface area is 368 Å². The van der Waals surface area contributed by atoms with Crippen LogP contribution in [0.5, 0.6) is 0 Å². The van der Waals surface area contributed by atoms with Crippen LogP contribution in [0.25, 0.3) is 78.9 Å². The van der Waals surface area contributed by atoms with Gasteiger partial charge < -0.3 is 9.47 Å². The van der Waals surface area contributed by atoms with Crippen molar-refractivity contribution in [3.8, 4) is 51.0 Å². The molecular formula is C58H43N5. The maximum Gasteiger partial charge on any atom is 0.164 e. The van der Waals surface area contributed by atoms with Gasteiger partial charge in [0.05, 0.1) is 16.7 Å². The zero-order valence-corrected chi connectivity index (χ0v) is 34.8. The minimum absolute atomic E-state index is 0.605. The number of hydrogen-bond acceptors (Lipinski definition) is 4. The largest absolute Gasteiger partial charge is 0.310 e. The predicted molar refractivity (Wildman–Crippen MR) is 264 cm³/mol. The van der Waals surface area contributed by atoms with Gasteiger partial charge in [0.25, 0.3) is 0 Å². The summed E-state index contributed by atoms with van der Waals surface area (Å²) in [7, 11) is 0. The van der Waals surface area contributed by atoms with Crippen LogP contribution in [0.4, 0.5) is 17.1 Å². The molecule has 2 aromatic heterocycles. The van der Waals surface area contributed by atoms with Crippen molar-refractivity contribution >= 4 is 44.9 Å². The molecule has 0 N–H and O–H groups in total. The third-order valence-electron chi connectivity index (χ3n) is 11.2.